The van der Waals surface area contributed by atoms with Gasteiger partial charge in [0.2, 0.25) is 15.9 Å². The van der Waals surface area contributed by atoms with E-state index in [9.17, 15) is 13.2 Å². The monoisotopic (exact) mass is 496 g/mol. The molecule has 1 fully saturated rings. The zero-order chi connectivity index (χ0) is 22.9. The summed E-state index contributed by atoms with van der Waals surface area (Å²) in [4.78, 5) is 13.0. The maximum atomic E-state index is 12.9. The summed E-state index contributed by atoms with van der Waals surface area (Å²) >= 11 is 12.2. The second kappa shape index (κ2) is 9.22. The maximum Gasteiger partial charge on any atom is 0.246 e. The van der Waals surface area contributed by atoms with Crippen molar-refractivity contribution >= 4 is 45.0 Å². The second-order valence-electron chi connectivity index (χ2n) is 7.69. The molecule has 0 bridgehead atoms. The van der Waals surface area contributed by atoms with Crippen LogP contribution in [0.15, 0.2) is 47.8 Å². The molecule has 3 aromatic rings. The summed E-state index contributed by atoms with van der Waals surface area (Å²) in [6.45, 7) is 0.914. The lowest BCUT2D eigenvalue weighted by molar-refractivity contribution is -0.120. The largest absolute Gasteiger partial charge is 0.308 e. The number of carbonyl (C=O) groups excluding carboxylic acids is 1. The number of piperidine rings is 1. The minimum absolute atomic E-state index is 0.0894. The minimum atomic E-state index is -3.71. The third-order valence-electron chi connectivity index (χ3n) is 5.29. The van der Waals surface area contributed by atoms with Gasteiger partial charge >= 0.3 is 0 Å². The fourth-order valence-electron chi connectivity index (χ4n) is 3.61. The smallest absolute Gasteiger partial charge is 0.246 e. The van der Waals surface area contributed by atoms with Crippen LogP contribution in [0.4, 0.5) is 5.82 Å². The van der Waals surface area contributed by atoms with E-state index in [0.717, 1.165) is 5.56 Å². The van der Waals surface area contributed by atoms with Crippen LogP contribution in [-0.2, 0) is 28.4 Å². The van der Waals surface area contributed by atoms with Crippen molar-refractivity contribution < 1.29 is 13.2 Å². The molecule has 1 N–H and O–H groups in total. The lowest BCUT2D eigenvalue weighted by Crippen LogP contribution is -2.43. The lowest BCUT2D eigenvalue weighted by atomic mass is 9.99. The van der Waals surface area contributed by atoms with Crippen molar-refractivity contribution in [2.75, 3.05) is 18.4 Å². The summed E-state index contributed by atoms with van der Waals surface area (Å²) in [5.41, 5.74) is 0.981. The van der Waals surface area contributed by atoms with Crippen LogP contribution in [0.5, 0.6) is 0 Å². The number of rotatable bonds is 6. The number of hydrogen-bond acceptors (Lipinski definition) is 5. The highest BCUT2D eigenvalue weighted by molar-refractivity contribution is 7.89. The van der Waals surface area contributed by atoms with Crippen LogP contribution >= 0.6 is 23.2 Å². The predicted octanol–water partition coefficient (Wildman–Crippen LogP) is 3.01. The molecule has 0 aliphatic carbocycles. The van der Waals surface area contributed by atoms with Gasteiger partial charge in [-0.1, -0.05) is 35.3 Å². The summed E-state index contributed by atoms with van der Waals surface area (Å²) in [5.74, 6) is -0.569. The van der Waals surface area contributed by atoms with E-state index in [1.54, 1.807) is 30.1 Å². The zero-order valence-corrected chi connectivity index (χ0v) is 19.6. The molecular weight excluding hydrogens is 475 g/mol. The van der Waals surface area contributed by atoms with Gasteiger partial charge in [-0.15, -0.1) is 0 Å². The van der Waals surface area contributed by atoms with Crippen molar-refractivity contribution in [3.63, 3.8) is 0 Å². The molecule has 12 heteroatoms. The first kappa shape index (κ1) is 22.8. The number of halogens is 2. The number of amides is 1. The number of benzene rings is 1. The Kier molecular flexibility index (Phi) is 6.57. The van der Waals surface area contributed by atoms with Crippen LogP contribution in [0.1, 0.15) is 18.4 Å². The van der Waals surface area contributed by atoms with Crippen LogP contribution in [0.2, 0.25) is 10.0 Å². The Bertz CT molecular complexity index is 1220. The van der Waals surface area contributed by atoms with Gasteiger partial charge in [0.05, 0.1) is 18.7 Å². The first-order chi connectivity index (χ1) is 15.2. The van der Waals surface area contributed by atoms with E-state index in [1.807, 2.05) is 12.1 Å². The van der Waals surface area contributed by atoms with Gasteiger partial charge in [0, 0.05) is 37.6 Å². The van der Waals surface area contributed by atoms with Crippen LogP contribution < -0.4 is 5.32 Å². The van der Waals surface area contributed by atoms with Crippen molar-refractivity contribution in [1.29, 1.82) is 0 Å². The topological polar surface area (TPSA) is 102 Å². The van der Waals surface area contributed by atoms with Crippen molar-refractivity contribution in [3.05, 3.63) is 58.5 Å². The van der Waals surface area contributed by atoms with Gasteiger partial charge in [-0.05, 0) is 30.5 Å². The first-order valence-electron chi connectivity index (χ1n) is 9.99. The summed E-state index contributed by atoms with van der Waals surface area (Å²) in [5, 5.41) is 12.0. The third-order valence-corrected chi connectivity index (χ3v) is 7.64. The van der Waals surface area contributed by atoms with E-state index < -0.39 is 15.9 Å². The number of sulfonamides is 1. The van der Waals surface area contributed by atoms with Crippen LogP contribution in [-0.4, -0.2) is 51.3 Å². The molecule has 1 saturated heterocycles. The lowest BCUT2D eigenvalue weighted by Gasteiger charge is -2.30. The molecule has 9 nitrogen and oxygen atoms in total. The maximum absolute atomic E-state index is 12.9. The first-order valence-corrected chi connectivity index (χ1v) is 12.2. The van der Waals surface area contributed by atoms with Gasteiger partial charge in [-0.3, -0.25) is 14.2 Å². The molecule has 0 saturated carbocycles. The Labute approximate surface area is 196 Å². The van der Waals surface area contributed by atoms with Crippen molar-refractivity contribution in [3.8, 4) is 0 Å². The van der Waals surface area contributed by atoms with E-state index in [-0.39, 0.29) is 23.2 Å². The standard InChI is InChI=1S/C20H22Cl2N6O3S/c1-26-12-17(9-23-26)32(30,31)28-8-2-3-15(11-28)20(29)24-19-18(22)13-27(25-19)10-14-4-6-16(21)7-5-14/h4-7,9,12-13,15H,2-3,8,10-11H2,1H3,(H,24,25,29). The predicted molar refractivity (Wildman–Crippen MR) is 121 cm³/mol. The average molecular weight is 497 g/mol. The highest BCUT2D eigenvalue weighted by Gasteiger charge is 2.34. The molecule has 170 valence electrons. The molecular formula is C20H22Cl2N6O3S. The van der Waals surface area contributed by atoms with E-state index in [2.05, 4.69) is 15.5 Å². The van der Waals surface area contributed by atoms with Gasteiger partial charge in [0.1, 0.15) is 9.92 Å². The minimum Gasteiger partial charge on any atom is -0.308 e. The Morgan fingerprint density at radius 1 is 1.22 bits per heavy atom. The van der Waals surface area contributed by atoms with E-state index >= 15 is 0 Å². The van der Waals surface area contributed by atoms with Crippen molar-refractivity contribution in [2.45, 2.75) is 24.3 Å². The fraction of sp³-hybridized carbons (Fsp3) is 0.350. The highest BCUT2D eigenvalue weighted by atomic mass is 35.5. The number of hydrogen-bond donors (Lipinski definition) is 1. The molecule has 3 heterocycles. The Morgan fingerprint density at radius 3 is 2.66 bits per heavy atom. The summed E-state index contributed by atoms with van der Waals surface area (Å²) in [6.07, 6.45) is 5.55. The van der Waals surface area contributed by atoms with Gasteiger partial charge in [0.15, 0.2) is 5.82 Å². The molecule has 32 heavy (non-hydrogen) atoms. The number of carbonyl (C=O) groups is 1. The number of aromatic nitrogens is 4. The van der Waals surface area contributed by atoms with Crippen molar-refractivity contribution in [1.82, 2.24) is 23.9 Å². The van der Waals surface area contributed by atoms with Gasteiger partial charge in [-0.2, -0.15) is 14.5 Å². The molecule has 2 aromatic heterocycles. The quantitative estimate of drug-likeness (QED) is 0.564. The van der Waals surface area contributed by atoms with Crippen LogP contribution in [0.3, 0.4) is 0 Å². The van der Waals surface area contributed by atoms with E-state index in [4.69, 9.17) is 23.2 Å². The molecule has 1 amide bonds. The molecule has 1 aliphatic rings. The highest BCUT2D eigenvalue weighted by Crippen LogP contribution is 2.26. The number of anilines is 1. The molecule has 1 aromatic carbocycles. The molecule has 1 aliphatic heterocycles. The average Bonchev–Trinajstić information content (AvgIpc) is 3.35. The third kappa shape index (κ3) is 4.98. The Hall–Kier alpha value is -2.40. The molecule has 0 radical (unpaired) electrons. The SMILES string of the molecule is Cn1cc(S(=O)(=O)N2CCCC(C(=O)Nc3nn(Cc4ccc(Cl)cc4)cc3Cl)C2)cn1. The second-order valence-corrected chi connectivity index (χ2v) is 10.5. The van der Waals surface area contributed by atoms with Crippen LogP contribution in [0.25, 0.3) is 0 Å². The van der Waals surface area contributed by atoms with Crippen LogP contribution in [0, 0.1) is 5.92 Å². The van der Waals surface area contributed by atoms with E-state index in [0.29, 0.717) is 36.0 Å². The summed E-state index contributed by atoms with van der Waals surface area (Å²) in [6, 6.07) is 7.35. The summed E-state index contributed by atoms with van der Waals surface area (Å²) in [7, 11) is -2.05. The molecule has 4 rings (SSSR count). The number of aryl methyl sites for hydroxylation is 1. The normalized spacial score (nSPS) is 17.4. The van der Waals surface area contributed by atoms with Gasteiger partial charge in [0.25, 0.3) is 0 Å². The number of nitrogens with one attached hydrogen (secondary N) is 1. The van der Waals surface area contributed by atoms with Crippen molar-refractivity contribution in [2.24, 2.45) is 13.0 Å². The number of nitrogens with zero attached hydrogens (tertiary/aromatic N) is 5. The van der Waals surface area contributed by atoms with E-state index in [1.165, 1.54) is 21.4 Å². The van der Waals surface area contributed by atoms with Gasteiger partial charge < -0.3 is 5.32 Å². The molecule has 1 unspecified atom stereocenters. The molecule has 1 atom stereocenters. The summed E-state index contributed by atoms with van der Waals surface area (Å²) < 4.78 is 30.1. The molecule has 0 spiro atoms. The Morgan fingerprint density at radius 2 is 1.97 bits per heavy atom. The zero-order valence-electron chi connectivity index (χ0n) is 17.3. The Balaban J connectivity index is 1.42. The fourth-order valence-corrected chi connectivity index (χ4v) is 5.45. The van der Waals surface area contributed by atoms with Gasteiger partial charge in [-0.25, -0.2) is 8.42 Å².